The van der Waals surface area contributed by atoms with Crippen molar-refractivity contribution in [1.82, 2.24) is 4.98 Å². The van der Waals surface area contributed by atoms with Gasteiger partial charge in [-0.05, 0) is 46.8 Å². The molecular formula is C21H26F3NOSi. The molecule has 146 valence electrons. The summed E-state index contributed by atoms with van der Waals surface area (Å²) in [5, 5.41) is 0.677. The van der Waals surface area contributed by atoms with Crippen LogP contribution < -0.4 is 5.19 Å². The van der Waals surface area contributed by atoms with E-state index in [0.29, 0.717) is 11.7 Å². The highest BCUT2D eigenvalue weighted by atomic mass is 28.4. The highest BCUT2D eigenvalue weighted by Crippen LogP contribution is 2.45. The Morgan fingerprint density at radius 3 is 2.41 bits per heavy atom. The number of nitrogens with zero attached hydrogens (tertiary/aromatic N) is 1. The van der Waals surface area contributed by atoms with E-state index in [4.69, 9.17) is 4.43 Å². The first-order chi connectivity index (χ1) is 12.6. The molecule has 2 aromatic rings. The molecular weight excluding hydrogens is 367 g/mol. The number of rotatable bonds is 4. The zero-order valence-electron chi connectivity index (χ0n) is 16.0. The van der Waals surface area contributed by atoms with Gasteiger partial charge in [0, 0.05) is 18.3 Å². The number of aryl methyl sites for hydroxylation is 1. The van der Waals surface area contributed by atoms with E-state index in [-0.39, 0.29) is 11.5 Å². The Bertz CT molecular complexity index is 773. The third-order valence-electron chi connectivity index (χ3n) is 5.47. The molecule has 0 saturated heterocycles. The van der Waals surface area contributed by atoms with Crippen molar-refractivity contribution in [2.24, 2.45) is 0 Å². The summed E-state index contributed by atoms with van der Waals surface area (Å²) in [5.74, 6) is 0. The second kappa shape index (κ2) is 7.39. The van der Waals surface area contributed by atoms with Gasteiger partial charge in [-0.25, -0.2) is 0 Å². The van der Waals surface area contributed by atoms with E-state index in [2.05, 4.69) is 4.98 Å². The maximum Gasteiger partial charge on any atom is 0.413 e. The summed E-state index contributed by atoms with van der Waals surface area (Å²) >= 11 is 0. The average molecular weight is 394 g/mol. The fraction of sp³-hybridized carbons (Fsp3) is 0.476. The first-order valence-electron chi connectivity index (χ1n) is 9.36. The smallest absolute Gasteiger partial charge is 0.400 e. The molecule has 1 aromatic carbocycles. The number of fused-ring (bicyclic) bond motifs is 1. The molecule has 0 saturated carbocycles. The second-order valence-corrected chi connectivity index (χ2v) is 12.7. The van der Waals surface area contributed by atoms with Crippen molar-refractivity contribution >= 4 is 13.5 Å². The van der Waals surface area contributed by atoms with Crippen molar-refractivity contribution in [1.29, 1.82) is 0 Å². The van der Waals surface area contributed by atoms with Crippen molar-refractivity contribution < 1.29 is 17.6 Å². The van der Waals surface area contributed by atoms with Gasteiger partial charge in [0.2, 0.25) is 8.32 Å². The Labute approximate surface area is 159 Å². The molecule has 0 amide bonds. The number of hydrogen-bond donors (Lipinski definition) is 0. The molecule has 0 N–H and O–H groups in total. The Kier molecular flexibility index (Phi) is 5.50. The fourth-order valence-corrected chi connectivity index (χ4v) is 8.94. The highest BCUT2D eigenvalue weighted by Gasteiger charge is 2.55. The fourth-order valence-electron chi connectivity index (χ4n) is 4.05. The number of alkyl halides is 3. The van der Waals surface area contributed by atoms with Crippen LogP contribution in [0.5, 0.6) is 0 Å². The van der Waals surface area contributed by atoms with E-state index in [1.165, 1.54) is 6.20 Å². The molecule has 3 rings (SSSR count). The van der Waals surface area contributed by atoms with Crippen LogP contribution in [0.1, 0.15) is 38.4 Å². The van der Waals surface area contributed by atoms with Gasteiger partial charge in [0.05, 0.1) is 0 Å². The van der Waals surface area contributed by atoms with Gasteiger partial charge in [0.1, 0.15) is 6.10 Å². The molecule has 2 atom stereocenters. The zero-order chi connectivity index (χ0) is 19.7. The second-order valence-electron chi connectivity index (χ2n) is 8.26. The van der Waals surface area contributed by atoms with E-state index >= 15 is 0 Å². The van der Waals surface area contributed by atoms with Crippen LogP contribution in [0.3, 0.4) is 0 Å². The van der Waals surface area contributed by atoms with Crippen LogP contribution in [0.4, 0.5) is 13.2 Å². The lowest BCUT2D eigenvalue weighted by Crippen LogP contribution is -2.63. The lowest BCUT2D eigenvalue weighted by molar-refractivity contribution is -0.198. The van der Waals surface area contributed by atoms with Gasteiger partial charge in [-0.15, -0.1) is 0 Å². The minimum absolute atomic E-state index is 0.253. The molecule has 0 bridgehead atoms. The largest absolute Gasteiger partial charge is 0.413 e. The van der Waals surface area contributed by atoms with E-state index in [1.54, 1.807) is 18.2 Å². The summed E-state index contributed by atoms with van der Waals surface area (Å²) < 4.78 is 48.1. The van der Waals surface area contributed by atoms with Crippen molar-refractivity contribution in [3.8, 4) is 0 Å². The van der Waals surface area contributed by atoms with Crippen molar-refractivity contribution in [2.75, 3.05) is 0 Å². The van der Waals surface area contributed by atoms with Gasteiger partial charge in [0.15, 0.2) is 0 Å². The molecule has 0 aliphatic carbocycles. The topological polar surface area (TPSA) is 22.1 Å². The molecule has 6 heteroatoms. The molecule has 1 aliphatic heterocycles. The van der Waals surface area contributed by atoms with Crippen LogP contribution in [0.2, 0.25) is 11.1 Å². The molecule has 27 heavy (non-hydrogen) atoms. The number of hydrogen-bond acceptors (Lipinski definition) is 2. The van der Waals surface area contributed by atoms with E-state index < -0.39 is 20.6 Å². The number of benzene rings is 1. The van der Waals surface area contributed by atoms with Crippen LogP contribution in [-0.2, 0) is 17.3 Å². The average Bonchev–Trinajstić information content (AvgIpc) is 2.60. The van der Waals surface area contributed by atoms with Gasteiger partial charge in [0.25, 0.3) is 0 Å². The highest BCUT2D eigenvalue weighted by molar-refractivity contribution is 6.89. The summed E-state index contributed by atoms with van der Waals surface area (Å²) in [7, 11) is -2.88. The maximum atomic E-state index is 14.0. The van der Waals surface area contributed by atoms with Crippen molar-refractivity contribution in [3.05, 3.63) is 59.9 Å². The molecule has 2 nitrogen and oxygen atoms in total. The first kappa shape index (κ1) is 20.1. The normalized spacial score (nSPS) is 21.6. The summed E-state index contributed by atoms with van der Waals surface area (Å²) in [6.45, 7) is 6.07. The van der Waals surface area contributed by atoms with Crippen molar-refractivity contribution in [2.45, 2.75) is 63.4 Å². The van der Waals surface area contributed by atoms with Gasteiger partial charge in [-0.1, -0.05) is 51.1 Å². The third kappa shape index (κ3) is 4.11. The van der Waals surface area contributed by atoms with Crippen molar-refractivity contribution in [3.63, 3.8) is 0 Å². The maximum absolute atomic E-state index is 14.0. The van der Waals surface area contributed by atoms with E-state index in [9.17, 15) is 13.2 Å². The molecule has 2 heterocycles. The lowest BCUT2D eigenvalue weighted by atomic mass is 10.1. The summed E-state index contributed by atoms with van der Waals surface area (Å²) in [5.41, 5.74) is 1.55. The van der Waals surface area contributed by atoms with Crippen LogP contribution in [0, 0.1) is 0 Å². The molecule has 0 fully saturated rings. The standard InChI is InChI=1S/C21H26F3NOSi/c1-20(2,3)27(14-8-10-16-9-4-5-12-18(16)27)26-19(21(22,23)24)15-17-11-6-7-13-25-17/h4-7,9,11-13,19H,8,10,14-15H2,1-3H3/t19-,27+/m1/s1. The summed E-state index contributed by atoms with van der Waals surface area (Å²) in [6, 6.07) is 13.7. The number of aromatic nitrogens is 1. The number of halogens is 3. The van der Waals surface area contributed by atoms with Gasteiger partial charge >= 0.3 is 6.18 Å². The lowest BCUT2D eigenvalue weighted by Gasteiger charge is -2.47. The Hall–Kier alpha value is -1.66. The Balaban J connectivity index is 2.03. The van der Waals surface area contributed by atoms with E-state index in [0.717, 1.165) is 23.6 Å². The van der Waals surface area contributed by atoms with Gasteiger partial charge in [-0.2, -0.15) is 13.2 Å². The van der Waals surface area contributed by atoms with Gasteiger partial charge < -0.3 is 4.43 Å². The third-order valence-corrected chi connectivity index (χ3v) is 11.0. The predicted octanol–water partition coefficient (Wildman–Crippen LogP) is 5.17. The molecule has 0 radical (unpaired) electrons. The quantitative estimate of drug-likeness (QED) is 0.669. The predicted molar refractivity (Wildman–Crippen MR) is 104 cm³/mol. The first-order valence-corrected chi connectivity index (χ1v) is 11.5. The monoisotopic (exact) mass is 393 g/mol. The van der Waals surface area contributed by atoms with Crippen LogP contribution in [0.15, 0.2) is 48.7 Å². The number of pyridine rings is 1. The SMILES string of the molecule is CC(C)(C)[Si@]1(O[C@H](Cc2ccccn2)C(F)(F)F)CCCc2ccccc21. The zero-order valence-corrected chi connectivity index (χ0v) is 17.0. The Morgan fingerprint density at radius 2 is 1.78 bits per heavy atom. The van der Waals surface area contributed by atoms with Crippen LogP contribution in [0.25, 0.3) is 0 Å². The molecule has 0 spiro atoms. The molecule has 1 aliphatic rings. The molecule has 1 aromatic heterocycles. The molecule has 0 unspecified atom stereocenters. The summed E-state index contributed by atoms with van der Waals surface area (Å²) in [4.78, 5) is 4.09. The summed E-state index contributed by atoms with van der Waals surface area (Å²) in [6.07, 6.45) is -3.23. The van der Waals surface area contributed by atoms with Crippen LogP contribution in [-0.4, -0.2) is 25.6 Å². The van der Waals surface area contributed by atoms with Gasteiger partial charge in [-0.3, -0.25) is 4.98 Å². The van der Waals surface area contributed by atoms with Crippen LogP contribution >= 0.6 is 0 Å². The minimum atomic E-state index is -4.44. The minimum Gasteiger partial charge on any atom is -0.400 e. The van der Waals surface area contributed by atoms with E-state index in [1.807, 2.05) is 45.0 Å². The Morgan fingerprint density at radius 1 is 1.07 bits per heavy atom.